The number of methoxy groups -OCH3 is 1. The van der Waals surface area contributed by atoms with Crippen molar-refractivity contribution in [2.45, 2.75) is 0 Å². The molecule has 2 aromatic rings. The number of aromatic nitrogens is 2. The van der Waals surface area contributed by atoms with Crippen molar-refractivity contribution in [1.29, 1.82) is 0 Å². The molecule has 0 amide bonds. The Morgan fingerprint density at radius 2 is 2.33 bits per heavy atom. The number of pyridine rings is 2. The number of rotatable bonds is 1. The number of carbonyl (C=O) groups is 1. The predicted octanol–water partition coefficient (Wildman–Crippen LogP) is 0.710. The van der Waals surface area contributed by atoms with Crippen molar-refractivity contribution in [2.75, 3.05) is 7.11 Å². The maximum atomic E-state index is 11.8. The lowest BCUT2D eigenvalue weighted by Crippen LogP contribution is -2.16. The zero-order chi connectivity index (χ0) is 10.8. The van der Waals surface area contributed by atoms with E-state index in [0.717, 1.165) is 0 Å². The zero-order valence-corrected chi connectivity index (χ0v) is 7.98. The van der Waals surface area contributed by atoms with E-state index in [0.29, 0.717) is 10.9 Å². The van der Waals surface area contributed by atoms with Crippen molar-refractivity contribution in [3.63, 3.8) is 0 Å². The number of H-pyrrole nitrogens is 1. The molecule has 0 radical (unpaired) electrons. The number of nitrogens with zero attached hydrogens (tertiary/aromatic N) is 1. The summed E-state index contributed by atoms with van der Waals surface area (Å²) in [6, 6.07) is 1.56. The van der Waals surface area contributed by atoms with Gasteiger partial charge in [0.15, 0.2) is 0 Å². The van der Waals surface area contributed by atoms with Gasteiger partial charge in [-0.15, -0.1) is 0 Å². The fourth-order valence-corrected chi connectivity index (χ4v) is 1.33. The Hall–Kier alpha value is -2.17. The number of carbonyl (C=O) groups excluding carboxylic acids is 1. The maximum Gasteiger partial charge on any atom is 0.343 e. The Morgan fingerprint density at radius 3 is 3.07 bits per heavy atom. The average Bonchev–Trinajstić information content (AvgIpc) is 2.29. The minimum atomic E-state index is -0.644. The van der Waals surface area contributed by atoms with Gasteiger partial charge in [0.2, 0.25) is 5.43 Å². The maximum absolute atomic E-state index is 11.8. The molecule has 2 heterocycles. The Balaban J connectivity index is 2.76. The van der Waals surface area contributed by atoms with E-state index in [4.69, 9.17) is 0 Å². The molecule has 1 N–H and O–H groups in total. The van der Waals surface area contributed by atoms with Gasteiger partial charge in [-0.05, 0) is 6.07 Å². The summed E-state index contributed by atoms with van der Waals surface area (Å²) in [6.07, 6.45) is 4.36. The van der Waals surface area contributed by atoms with Crippen molar-refractivity contribution in [3.8, 4) is 0 Å². The SMILES string of the molecule is COC(=O)c1c[nH]c2cnccc2c1=O. The highest BCUT2D eigenvalue weighted by molar-refractivity contribution is 5.93. The van der Waals surface area contributed by atoms with Gasteiger partial charge in [-0.1, -0.05) is 0 Å². The van der Waals surface area contributed by atoms with E-state index in [1.54, 1.807) is 6.07 Å². The van der Waals surface area contributed by atoms with Crippen LogP contribution in [-0.4, -0.2) is 23.0 Å². The highest BCUT2D eigenvalue weighted by Gasteiger charge is 2.12. The van der Waals surface area contributed by atoms with Gasteiger partial charge in [0.05, 0.1) is 18.8 Å². The van der Waals surface area contributed by atoms with Gasteiger partial charge < -0.3 is 9.72 Å². The molecule has 0 unspecified atom stereocenters. The van der Waals surface area contributed by atoms with Crippen molar-refractivity contribution in [2.24, 2.45) is 0 Å². The molecule has 5 heteroatoms. The number of ether oxygens (including phenoxy) is 1. The van der Waals surface area contributed by atoms with Gasteiger partial charge in [0.1, 0.15) is 5.56 Å². The second kappa shape index (κ2) is 3.53. The van der Waals surface area contributed by atoms with Gasteiger partial charge in [0, 0.05) is 17.8 Å². The van der Waals surface area contributed by atoms with E-state index < -0.39 is 5.97 Å². The summed E-state index contributed by atoms with van der Waals surface area (Å²) >= 11 is 0. The van der Waals surface area contributed by atoms with Crippen molar-refractivity contribution in [3.05, 3.63) is 40.4 Å². The number of hydrogen-bond donors (Lipinski definition) is 1. The quantitative estimate of drug-likeness (QED) is 0.694. The molecule has 0 fully saturated rings. The summed E-state index contributed by atoms with van der Waals surface area (Å²) in [5.41, 5.74) is 0.240. The molecule has 0 aliphatic carbocycles. The number of nitrogens with one attached hydrogen (secondary N) is 1. The van der Waals surface area contributed by atoms with Gasteiger partial charge in [-0.25, -0.2) is 4.79 Å². The number of hydrogen-bond acceptors (Lipinski definition) is 4. The highest BCUT2D eigenvalue weighted by Crippen LogP contribution is 2.05. The first-order valence-corrected chi connectivity index (χ1v) is 4.28. The summed E-state index contributed by atoms with van der Waals surface area (Å²) < 4.78 is 4.49. The lowest BCUT2D eigenvalue weighted by Gasteiger charge is -2.00. The topological polar surface area (TPSA) is 72.1 Å². The van der Waals surface area contributed by atoms with Crippen LogP contribution in [0.15, 0.2) is 29.5 Å². The van der Waals surface area contributed by atoms with Crippen LogP contribution in [-0.2, 0) is 4.74 Å². The first kappa shape index (κ1) is 9.39. The van der Waals surface area contributed by atoms with Gasteiger partial charge >= 0.3 is 5.97 Å². The summed E-state index contributed by atoms with van der Waals surface area (Å²) in [7, 11) is 1.23. The predicted molar refractivity (Wildman–Crippen MR) is 53.7 cm³/mol. The molecule has 2 rings (SSSR count). The van der Waals surface area contributed by atoms with Crippen LogP contribution in [0, 0.1) is 0 Å². The summed E-state index contributed by atoms with van der Waals surface area (Å²) in [4.78, 5) is 29.7. The zero-order valence-electron chi connectivity index (χ0n) is 7.98. The molecule has 0 aromatic carbocycles. The number of esters is 1. The van der Waals surface area contributed by atoms with Crippen LogP contribution in [0.25, 0.3) is 10.9 Å². The smallest absolute Gasteiger partial charge is 0.343 e. The summed E-state index contributed by atoms with van der Waals surface area (Å²) in [6.45, 7) is 0. The number of fused-ring (bicyclic) bond motifs is 1. The molecule has 0 aliphatic rings. The molecule has 0 atom stereocenters. The van der Waals surface area contributed by atoms with Crippen LogP contribution in [0.1, 0.15) is 10.4 Å². The average molecular weight is 204 g/mol. The fourth-order valence-electron chi connectivity index (χ4n) is 1.33. The van der Waals surface area contributed by atoms with Crippen molar-refractivity contribution >= 4 is 16.9 Å². The van der Waals surface area contributed by atoms with Gasteiger partial charge in [-0.3, -0.25) is 9.78 Å². The molecule has 2 aromatic heterocycles. The minimum Gasteiger partial charge on any atom is -0.465 e. The van der Waals surface area contributed by atoms with Crippen LogP contribution >= 0.6 is 0 Å². The molecule has 0 bridgehead atoms. The van der Waals surface area contributed by atoms with E-state index in [1.807, 2.05) is 0 Å². The van der Waals surface area contributed by atoms with E-state index in [-0.39, 0.29) is 11.0 Å². The van der Waals surface area contributed by atoms with E-state index >= 15 is 0 Å². The Kier molecular flexibility index (Phi) is 2.21. The second-order valence-electron chi connectivity index (χ2n) is 2.94. The molecule has 76 valence electrons. The van der Waals surface area contributed by atoms with Crippen LogP contribution in [0.2, 0.25) is 0 Å². The van der Waals surface area contributed by atoms with Crippen LogP contribution < -0.4 is 5.43 Å². The second-order valence-corrected chi connectivity index (χ2v) is 2.94. The minimum absolute atomic E-state index is 0.00352. The largest absolute Gasteiger partial charge is 0.465 e. The Bertz CT molecular complexity index is 574. The summed E-state index contributed by atoms with van der Waals surface area (Å²) in [5, 5.41) is 0.424. The van der Waals surface area contributed by atoms with Crippen LogP contribution in [0.5, 0.6) is 0 Å². The molecular weight excluding hydrogens is 196 g/mol. The fraction of sp³-hybridized carbons (Fsp3) is 0.100. The highest BCUT2D eigenvalue weighted by atomic mass is 16.5. The van der Waals surface area contributed by atoms with Gasteiger partial charge in [0.25, 0.3) is 0 Å². The Labute approximate surface area is 84.7 Å². The molecule has 15 heavy (non-hydrogen) atoms. The molecule has 0 spiro atoms. The lowest BCUT2D eigenvalue weighted by molar-refractivity contribution is 0.0599. The van der Waals surface area contributed by atoms with E-state index in [9.17, 15) is 9.59 Å². The lowest BCUT2D eigenvalue weighted by atomic mass is 10.2. The Morgan fingerprint density at radius 1 is 1.53 bits per heavy atom. The van der Waals surface area contributed by atoms with Crippen LogP contribution in [0.4, 0.5) is 0 Å². The third-order valence-electron chi connectivity index (χ3n) is 2.09. The van der Waals surface area contributed by atoms with E-state index in [2.05, 4.69) is 14.7 Å². The van der Waals surface area contributed by atoms with E-state index in [1.165, 1.54) is 25.7 Å². The first-order valence-electron chi connectivity index (χ1n) is 4.28. The number of aromatic amines is 1. The third-order valence-corrected chi connectivity index (χ3v) is 2.09. The molecule has 0 aliphatic heterocycles. The van der Waals surface area contributed by atoms with Crippen molar-refractivity contribution < 1.29 is 9.53 Å². The standard InChI is InChI=1S/C10H8N2O3/c1-15-10(14)7-4-12-8-5-11-3-2-6(8)9(7)13/h2-5H,1H3,(H,12,13). The molecular formula is C10H8N2O3. The normalized spacial score (nSPS) is 10.2. The summed E-state index contributed by atoms with van der Waals surface area (Å²) in [5.74, 6) is -0.644. The monoisotopic (exact) mass is 204 g/mol. The molecule has 0 saturated heterocycles. The third kappa shape index (κ3) is 1.48. The molecule has 0 saturated carbocycles. The first-order chi connectivity index (χ1) is 7.24. The van der Waals surface area contributed by atoms with Crippen molar-refractivity contribution in [1.82, 2.24) is 9.97 Å². The molecule has 5 nitrogen and oxygen atoms in total. The van der Waals surface area contributed by atoms with Crippen LogP contribution in [0.3, 0.4) is 0 Å². The van der Waals surface area contributed by atoms with Gasteiger partial charge in [-0.2, -0.15) is 0 Å².